The summed E-state index contributed by atoms with van der Waals surface area (Å²) in [6.07, 6.45) is 0. The zero-order valence-corrected chi connectivity index (χ0v) is 20.7. The van der Waals surface area contributed by atoms with Gasteiger partial charge in [-0.1, -0.05) is 80.4 Å². The Morgan fingerprint density at radius 3 is 1.18 bits per heavy atom. The maximum Gasteiger partial charge on any atom is 0.194 e. The number of halogens is 2. The molecule has 8 aromatic rings. The van der Waals surface area contributed by atoms with Crippen molar-refractivity contribution in [2.45, 2.75) is 0 Å². The average Bonchev–Trinajstić information content (AvgIpc) is 2.86. The third-order valence-electron chi connectivity index (χ3n) is 7.41. The van der Waals surface area contributed by atoms with Crippen LogP contribution >= 0.6 is 31.9 Å². The van der Waals surface area contributed by atoms with Crippen LogP contribution in [0.3, 0.4) is 0 Å². The van der Waals surface area contributed by atoms with Crippen LogP contribution in [0, 0.1) is 0 Å². The van der Waals surface area contributed by atoms with Crippen molar-refractivity contribution in [3.05, 3.63) is 102 Å². The van der Waals surface area contributed by atoms with Crippen molar-refractivity contribution < 1.29 is 0 Å². The third kappa shape index (κ3) is 2.08. The molecule has 0 saturated heterocycles. The van der Waals surface area contributed by atoms with Gasteiger partial charge in [-0.15, -0.1) is 0 Å². The minimum absolute atomic E-state index is 0.0368. The Morgan fingerprint density at radius 2 is 0.765 bits per heavy atom. The molecule has 0 bridgehead atoms. The fraction of sp³-hybridized carbons (Fsp3) is 0. The van der Waals surface area contributed by atoms with Gasteiger partial charge in [-0.25, -0.2) is 0 Å². The van der Waals surface area contributed by atoms with E-state index in [-0.39, 0.29) is 10.9 Å². The molecule has 0 fully saturated rings. The lowest BCUT2D eigenvalue weighted by atomic mass is 9.84. The standard InChI is InChI=1S/C30H12Br2O2/c31-23-12-22-26-18(14-6-2-4-8-16(14)30(22)34)10-20-24(32)11-21-25-17(9-19(23)28(26)27(20)25)13-5-1-3-7-15(13)29(21)33/h1-12H. The molecule has 158 valence electrons. The first-order valence-electron chi connectivity index (χ1n) is 11.0. The average molecular weight is 564 g/mol. The summed E-state index contributed by atoms with van der Waals surface area (Å²) in [4.78, 5) is 27.2. The number of rotatable bonds is 0. The number of benzene rings is 8. The fourth-order valence-corrected chi connectivity index (χ4v) is 7.11. The summed E-state index contributed by atoms with van der Waals surface area (Å²) in [5, 5.41) is 13.0. The largest absolute Gasteiger partial charge is 0.289 e. The maximum atomic E-state index is 13.6. The molecule has 0 aromatic heterocycles. The minimum Gasteiger partial charge on any atom is -0.289 e. The lowest BCUT2D eigenvalue weighted by molar-refractivity contribution is 1.70. The van der Waals surface area contributed by atoms with Crippen molar-refractivity contribution in [1.29, 1.82) is 0 Å². The van der Waals surface area contributed by atoms with Gasteiger partial charge in [0, 0.05) is 41.3 Å². The van der Waals surface area contributed by atoms with E-state index in [2.05, 4.69) is 44.0 Å². The number of hydrogen-bond acceptors (Lipinski definition) is 2. The zero-order valence-electron chi connectivity index (χ0n) is 17.5. The molecule has 0 unspecified atom stereocenters. The second-order valence-corrected chi connectivity index (χ2v) is 10.7. The van der Waals surface area contributed by atoms with Crippen molar-refractivity contribution in [2.75, 3.05) is 0 Å². The van der Waals surface area contributed by atoms with Crippen molar-refractivity contribution in [3.8, 4) is 0 Å². The molecule has 0 aliphatic heterocycles. The van der Waals surface area contributed by atoms with Gasteiger partial charge in [0.25, 0.3) is 0 Å². The topological polar surface area (TPSA) is 34.1 Å². The molecule has 0 aliphatic carbocycles. The van der Waals surface area contributed by atoms with Gasteiger partial charge in [-0.3, -0.25) is 9.59 Å². The first kappa shape index (κ1) is 19.0. The van der Waals surface area contributed by atoms with Crippen molar-refractivity contribution in [2.24, 2.45) is 0 Å². The van der Waals surface area contributed by atoms with E-state index in [1.807, 2.05) is 60.7 Å². The van der Waals surface area contributed by atoms with E-state index in [4.69, 9.17) is 0 Å². The second-order valence-electron chi connectivity index (χ2n) is 9.00. The Balaban J connectivity index is 1.85. The van der Waals surface area contributed by atoms with Crippen LogP contribution in [-0.2, 0) is 0 Å². The Hall–Kier alpha value is -3.34. The number of fused-ring (bicyclic) bond motifs is 4. The summed E-state index contributed by atoms with van der Waals surface area (Å²) in [6, 6.07) is 23.9. The summed E-state index contributed by atoms with van der Waals surface area (Å²) >= 11 is 7.58. The van der Waals surface area contributed by atoms with E-state index in [0.29, 0.717) is 10.8 Å². The van der Waals surface area contributed by atoms with Crippen molar-refractivity contribution in [1.82, 2.24) is 0 Å². The van der Waals surface area contributed by atoms with Gasteiger partial charge in [0.1, 0.15) is 0 Å². The van der Waals surface area contributed by atoms with Crippen LogP contribution < -0.4 is 10.9 Å². The first-order chi connectivity index (χ1) is 16.5. The van der Waals surface area contributed by atoms with Gasteiger partial charge < -0.3 is 0 Å². The molecular formula is C30H12Br2O2. The molecule has 0 radical (unpaired) electrons. The predicted octanol–water partition coefficient (Wildman–Crippen LogP) is 8.32. The van der Waals surface area contributed by atoms with Crippen molar-refractivity contribution in [3.63, 3.8) is 0 Å². The molecule has 8 aromatic carbocycles. The second kappa shape index (κ2) is 6.21. The van der Waals surface area contributed by atoms with E-state index in [1.165, 1.54) is 0 Å². The molecule has 0 spiro atoms. The fourth-order valence-electron chi connectivity index (χ4n) is 6.03. The third-order valence-corrected chi connectivity index (χ3v) is 8.73. The Bertz CT molecular complexity index is 2120. The molecule has 0 heterocycles. The van der Waals surface area contributed by atoms with E-state index >= 15 is 0 Å². The first-order valence-corrected chi connectivity index (χ1v) is 12.6. The lowest BCUT2D eigenvalue weighted by Crippen LogP contribution is -2.06. The zero-order chi connectivity index (χ0) is 22.9. The summed E-state index contributed by atoms with van der Waals surface area (Å²) in [6.45, 7) is 0. The molecule has 2 nitrogen and oxygen atoms in total. The quantitative estimate of drug-likeness (QED) is 0.137. The van der Waals surface area contributed by atoms with Crippen LogP contribution in [0.5, 0.6) is 0 Å². The Morgan fingerprint density at radius 1 is 0.382 bits per heavy atom. The monoisotopic (exact) mass is 562 g/mol. The van der Waals surface area contributed by atoms with Gasteiger partial charge in [0.2, 0.25) is 0 Å². The van der Waals surface area contributed by atoms with Crippen LogP contribution in [0.15, 0.2) is 91.3 Å². The van der Waals surface area contributed by atoms with E-state index in [1.54, 1.807) is 0 Å². The smallest absolute Gasteiger partial charge is 0.194 e. The van der Waals surface area contributed by atoms with Gasteiger partial charge in [-0.2, -0.15) is 0 Å². The molecule has 0 atom stereocenters. The van der Waals surface area contributed by atoms with Gasteiger partial charge >= 0.3 is 0 Å². The molecular weight excluding hydrogens is 552 g/mol. The summed E-state index contributed by atoms with van der Waals surface area (Å²) < 4.78 is 1.77. The van der Waals surface area contributed by atoms with Gasteiger partial charge in [0.05, 0.1) is 0 Å². The summed E-state index contributed by atoms with van der Waals surface area (Å²) in [7, 11) is 0. The minimum atomic E-state index is 0.0368. The SMILES string of the molecule is O=c1c2ccccc2c2cc3c(Br)cc4c(=O)c5ccccc5c5cc6c(Br)cc1c2c6c3c45. The highest BCUT2D eigenvalue weighted by Crippen LogP contribution is 2.48. The Kier molecular flexibility index (Phi) is 3.47. The van der Waals surface area contributed by atoms with Crippen LogP contribution in [0.4, 0.5) is 0 Å². The molecule has 34 heavy (non-hydrogen) atoms. The highest BCUT2D eigenvalue weighted by Gasteiger charge is 2.23. The molecule has 4 heteroatoms. The van der Waals surface area contributed by atoms with Gasteiger partial charge in [-0.05, 0) is 67.4 Å². The highest BCUT2D eigenvalue weighted by molar-refractivity contribution is 9.11. The van der Waals surface area contributed by atoms with Crippen molar-refractivity contribution >= 4 is 107 Å². The van der Waals surface area contributed by atoms with Crippen LogP contribution in [0.25, 0.3) is 75.4 Å². The molecule has 0 aliphatic rings. The molecule has 0 saturated carbocycles. The normalized spacial score (nSPS) is 12.6. The maximum absolute atomic E-state index is 13.6. The van der Waals surface area contributed by atoms with E-state index in [0.717, 1.165) is 73.6 Å². The van der Waals surface area contributed by atoms with Gasteiger partial charge in [0.15, 0.2) is 10.9 Å². The van der Waals surface area contributed by atoms with Crippen LogP contribution in [-0.4, -0.2) is 0 Å². The molecule has 0 amide bonds. The molecule has 0 N–H and O–H groups in total. The molecule has 8 rings (SSSR count). The summed E-state index contributed by atoms with van der Waals surface area (Å²) in [5.41, 5.74) is 0.0736. The van der Waals surface area contributed by atoms with E-state index < -0.39 is 0 Å². The highest BCUT2D eigenvalue weighted by atomic mass is 79.9. The van der Waals surface area contributed by atoms with Crippen LogP contribution in [0.1, 0.15) is 0 Å². The van der Waals surface area contributed by atoms with Crippen LogP contribution in [0.2, 0.25) is 0 Å². The summed E-state index contributed by atoms with van der Waals surface area (Å²) in [5.74, 6) is 0. The number of hydrogen-bond donors (Lipinski definition) is 0. The predicted molar refractivity (Wildman–Crippen MR) is 150 cm³/mol. The van der Waals surface area contributed by atoms with E-state index in [9.17, 15) is 9.59 Å². The lowest BCUT2D eigenvalue weighted by Gasteiger charge is -2.20. The Labute approximate surface area is 208 Å².